The molecular formula is C15H24N2O3S. The fraction of sp³-hybridized carbons (Fsp3) is 0.600. The molecule has 0 saturated carbocycles. The minimum Gasteiger partial charge on any atom is -0.462 e. The van der Waals surface area contributed by atoms with Crippen LogP contribution in [-0.4, -0.2) is 24.5 Å². The average molecular weight is 312 g/mol. The van der Waals surface area contributed by atoms with Crippen molar-refractivity contribution in [3.63, 3.8) is 0 Å². The van der Waals surface area contributed by atoms with Crippen molar-refractivity contribution in [2.24, 2.45) is 11.7 Å². The molecule has 0 saturated heterocycles. The number of esters is 1. The van der Waals surface area contributed by atoms with Crippen LogP contribution >= 0.6 is 11.3 Å². The molecule has 21 heavy (non-hydrogen) atoms. The van der Waals surface area contributed by atoms with E-state index >= 15 is 0 Å². The monoisotopic (exact) mass is 312 g/mol. The van der Waals surface area contributed by atoms with Crippen molar-refractivity contribution in [1.29, 1.82) is 0 Å². The second-order valence-electron chi connectivity index (χ2n) is 5.17. The van der Waals surface area contributed by atoms with E-state index in [1.807, 2.05) is 27.7 Å². The Morgan fingerprint density at radius 1 is 1.33 bits per heavy atom. The minimum atomic E-state index is -0.604. The second-order valence-corrected chi connectivity index (χ2v) is 6.40. The lowest BCUT2D eigenvalue weighted by molar-refractivity contribution is -0.118. The molecule has 1 heterocycles. The third-order valence-corrected chi connectivity index (χ3v) is 4.36. The Morgan fingerprint density at radius 2 is 1.95 bits per heavy atom. The number of amides is 1. The summed E-state index contributed by atoms with van der Waals surface area (Å²) in [6.45, 7) is 9.74. The standard InChI is InChI=1S/C15H24N2O3S/c1-6-10-9(5)21-14(11(10)15(19)20-7-2)17-13(18)12(16)8(3)4/h8,12H,6-7,16H2,1-5H3,(H,17,18)/t12-/m0/s1. The van der Waals surface area contributed by atoms with Gasteiger partial charge in [-0.05, 0) is 31.7 Å². The SMILES string of the molecule is CCOC(=O)c1c(NC(=O)[C@@H](N)C(C)C)sc(C)c1CC. The molecule has 0 aliphatic rings. The molecule has 1 aromatic heterocycles. The highest BCUT2D eigenvalue weighted by atomic mass is 32.1. The molecule has 1 rings (SSSR count). The summed E-state index contributed by atoms with van der Waals surface area (Å²) in [7, 11) is 0. The largest absolute Gasteiger partial charge is 0.462 e. The normalized spacial score (nSPS) is 12.3. The van der Waals surface area contributed by atoms with Gasteiger partial charge in [0.05, 0.1) is 18.2 Å². The van der Waals surface area contributed by atoms with Crippen LogP contribution in [0.2, 0.25) is 0 Å². The molecule has 0 aliphatic carbocycles. The molecule has 0 aliphatic heterocycles. The average Bonchev–Trinajstić information content (AvgIpc) is 2.73. The number of nitrogens with one attached hydrogen (secondary N) is 1. The molecule has 1 aromatic rings. The van der Waals surface area contributed by atoms with E-state index in [2.05, 4.69) is 5.32 Å². The van der Waals surface area contributed by atoms with Crippen LogP contribution in [0.1, 0.15) is 48.5 Å². The predicted molar refractivity (Wildman–Crippen MR) is 85.8 cm³/mol. The van der Waals surface area contributed by atoms with Crippen LogP contribution in [-0.2, 0) is 16.0 Å². The van der Waals surface area contributed by atoms with Gasteiger partial charge in [-0.25, -0.2) is 4.79 Å². The number of anilines is 1. The van der Waals surface area contributed by atoms with Crippen LogP contribution in [0.5, 0.6) is 0 Å². The summed E-state index contributed by atoms with van der Waals surface area (Å²) in [6, 6.07) is -0.604. The summed E-state index contributed by atoms with van der Waals surface area (Å²) in [5.41, 5.74) is 7.23. The van der Waals surface area contributed by atoms with Crippen LogP contribution in [0.3, 0.4) is 0 Å². The lowest BCUT2D eigenvalue weighted by atomic mass is 10.0. The van der Waals surface area contributed by atoms with Crippen molar-refractivity contribution in [2.75, 3.05) is 11.9 Å². The number of nitrogens with two attached hydrogens (primary N) is 1. The van der Waals surface area contributed by atoms with E-state index < -0.39 is 12.0 Å². The molecule has 0 spiro atoms. The van der Waals surface area contributed by atoms with Gasteiger partial charge < -0.3 is 15.8 Å². The number of carbonyl (C=O) groups is 2. The smallest absolute Gasteiger partial charge is 0.341 e. The molecule has 0 bridgehead atoms. The third-order valence-electron chi connectivity index (χ3n) is 3.30. The molecule has 1 amide bonds. The minimum absolute atomic E-state index is 0.0303. The Balaban J connectivity index is 3.12. The molecule has 5 nitrogen and oxygen atoms in total. The van der Waals surface area contributed by atoms with Gasteiger partial charge in [0.1, 0.15) is 5.00 Å². The Morgan fingerprint density at radius 3 is 2.43 bits per heavy atom. The van der Waals surface area contributed by atoms with Crippen LogP contribution in [0.4, 0.5) is 5.00 Å². The number of hydrogen-bond acceptors (Lipinski definition) is 5. The molecule has 0 radical (unpaired) electrons. The highest BCUT2D eigenvalue weighted by Gasteiger charge is 2.25. The van der Waals surface area contributed by atoms with Gasteiger partial charge in [0, 0.05) is 4.88 Å². The Kier molecular flexibility index (Phi) is 6.36. The van der Waals surface area contributed by atoms with Crippen LogP contribution in [0, 0.1) is 12.8 Å². The zero-order valence-corrected chi connectivity index (χ0v) is 14.1. The van der Waals surface area contributed by atoms with Gasteiger partial charge in [-0.3, -0.25) is 4.79 Å². The fourth-order valence-corrected chi connectivity index (χ4v) is 3.15. The van der Waals surface area contributed by atoms with Crippen molar-refractivity contribution in [2.45, 2.75) is 47.1 Å². The van der Waals surface area contributed by atoms with E-state index in [-0.39, 0.29) is 11.8 Å². The molecule has 1 atom stereocenters. The first kappa shape index (κ1) is 17.7. The number of ether oxygens (including phenoxy) is 1. The van der Waals surface area contributed by atoms with Crippen molar-refractivity contribution < 1.29 is 14.3 Å². The van der Waals surface area contributed by atoms with Gasteiger partial charge in [-0.1, -0.05) is 20.8 Å². The number of hydrogen-bond donors (Lipinski definition) is 2. The van der Waals surface area contributed by atoms with E-state index in [0.717, 1.165) is 10.4 Å². The van der Waals surface area contributed by atoms with Crippen LogP contribution in [0.15, 0.2) is 0 Å². The number of rotatable bonds is 6. The van der Waals surface area contributed by atoms with Crippen LogP contribution in [0.25, 0.3) is 0 Å². The van der Waals surface area contributed by atoms with Gasteiger partial charge in [-0.2, -0.15) is 0 Å². The predicted octanol–water partition coefficient (Wildman–Crippen LogP) is 2.72. The summed E-state index contributed by atoms with van der Waals surface area (Å²) >= 11 is 1.39. The second kappa shape index (κ2) is 7.56. The van der Waals surface area contributed by atoms with E-state index in [0.29, 0.717) is 23.6 Å². The zero-order valence-electron chi connectivity index (χ0n) is 13.3. The highest BCUT2D eigenvalue weighted by molar-refractivity contribution is 7.16. The Hall–Kier alpha value is -1.40. The number of carbonyl (C=O) groups excluding carboxylic acids is 2. The fourth-order valence-electron chi connectivity index (χ4n) is 2.01. The summed E-state index contributed by atoms with van der Waals surface area (Å²) in [6.07, 6.45) is 0.711. The Bertz CT molecular complexity index is 523. The van der Waals surface area contributed by atoms with Crippen molar-refractivity contribution in [3.05, 3.63) is 16.0 Å². The maximum absolute atomic E-state index is 12.1. The van der Waals surface area contributed by atoms with Crippen LogP contribution < -0.4 is 11.1 Å². The molecule has 118 valence electrons. The van der Waals surface area contributed by atoms with Crippen molar-refractivity contribution in [1.82, 2.24) is 0 Å². The lowest BCUT2D eigenvalue weighted by Crippen LogP contribution is -2.39. The topological polar surface area (TPSA) is 81.4 Å². The lowest BCUT2D eigenvalue weighted by Gasteiger charge is -2.15. The zero-order chi connectivity index (χ0) is 16.2. The molecule has 3 N–H and O–H groups in total. The highest BCUT2D eigenvalue weighted by Crippen LogP contribution is 2.34. The first-order valence-corrected chi connectivity index (χ1v) is 8.00. The van der Waals surface area contributed by atoms with Gasteiger partial charge in [-0.15, -0.1) is 11.3 Å². The van der Waals surface area contributed by atoms with Crippen molar-refractivity contribution in [3.8, 4) is 0 Å². The summed E-state index contributed by atoms with van der Waals surface area (Å²) in [4.78, 5) is 25.3. The molecular weight excluding hydrogens is 288 g/mol. The van der Waals surface area contributed by atoms with Gasteiger partial charge >= 0.3 is 5.97 Å². The summed E-state index contributed by atoms with van der Waals surface area (Å²) < 4.78 is 5.10. The number of thiophene rings is 1. The maximum atomic E-state index is 12.1. The van der Waals surface area contributed by atoms with E-state index in [9.17, 15) is 9.59 Å². The first-order valence-electron chi connectivity index (χ1n) is 7.19. The van der Waals surface area contributed by atoms with Crippen molar-refractivity contribution >= 4 is 28.2 Å². The first-order chi connectivity index (χ1) is 9.83. The molecule has 0 fully saturated rings. The van der Waals surface area contributed by atoms with Gasteiger partial charge in [0.15, 0.2) is 0 Å². The Labute approximate surface area is 129 Å². The quantitative estimate of drug-likeness (QED) is 0.791. The van der Waals surface area contributed by atoms with Gasteiger partial charge in [0.2, 0.25) is 5.91 Å². The summed E-state index contributed by atoms with van der Waals surface area (Å²) in [5, 5.41) is 3.31. The molecule has 6 heteroatoms. The van der Waals surface area contributed by atoms with E-state index in [1.165, 1.54) is 11.3 Å². The van der Waals surface area contributed by atoms with E-state index in [4.69, 9.17) is 10.5 Å². The van der Waals surface area contributed by atoms with E-state index in [1.54, 1.807) is 6.92 Å². The third kappa shape index (κ3) is 4.04. The summed E-state index contributed by atoms with van der Waals surface area (Å²) in [5.74, 6) is -0.644. The molecule has 0 unspecified atom stereocenters. The maximum Gasteiger partial charge on any atom is 0.341 e. The number of aryl methyl sites for hydroxylation is 1. The molecule has 0 aromatic carbocycles. The van der Waals surface area contributed by atoms with Gasteiger partial charge in [0.25, 0.3) is 0 Å².